The molecule has 0 atom stereocenters. The van der Waals surface area contributed by atoms with Crippen molar-refractivity contribution >= 4 is 39.3 Å². The molecule has 0 aliphatic rings. The maximum absolute atomic E-state index is 12.6. The number of hydrazone groups is 1. The average molecular weight is 481 g/mol. The second-order valence-electron chi connectivity index (χ2n) is 6.34. The van der Waals surface area contributed by atoms with Crippen molar-refractivity contribution in [2.75, 3.05) is 18.6 Å². The first-order valence-electron chi connectivity index (χ1n) is 9.01. The summed E-state index contributed by atoms with van der Waals surface area (Å²) in [6.07, 6.45) is 1.48. The Hall–Kier alpha value is -3.12. The molecule has 0 saturated carbocycles. The molecule has 0 amide bonds. The fraction of sp³-hybridized carbons (Fsp3) is 0.333. The fourth-order valence-electron chi connectivity index (χ4n) is 2.95. The van der Waals surface area contributed by atoms with Crippen molar-refractivity contribution in [3.8, 4) is 11.5 Å². The van der Waals surface area contributed by atoms with Gasteiger partial charge in [0.2, 0.25) is 5.95 Å². The molecule has 160 valence electrons. The average Bonchev–Trinajstić information content (AvgIpc) is 3.07. The van der Waals surface area contributed by atoms with Crippen LogP contribution in [-0.2, 0) is 20.6 Å². The van der Waals surface area contributed by atoms with E-state index in [1.165, 1.54) is 29.4 Å². The lowest BCUT2D eigenvalue weighted by Crippen LogP contribution is -2.37. The largest absolute Gasteiger partial charge is 0.503 e. The van der Waals surface area contributed by atoms with Crippen molar-refractivity contribution in [1.82, 2.24) is 18.7 Å². The number of rotatable bonds is 7. The third-order valence-corrected chi connectivity index (χ3v) is 5.00. The van der Waals surface area contributed by atoms with Gasteiger partial charge < -0.3 is 19.5 Å². The first kappa shape index (κ1) is 21.6. The van der Waals surface area contributed by atoms with Gasteiger partial charge >= 0.3 is 5.69 Å². The van der Waals surface area contributed by atoms with Gasteiger partial charge in [0.1, 0.15) is 0 Å². The molecule has 12 heteroatoms. The van der Waals surface area contributed by atoms with E-state index in [0.29, 0.717) is 22.4 Å². The summed E-state index contributed by atoms with van der Waals surface area (Å²) in [6, 6.07) is 3.27. The summed E-state index contributed by atoms with van der Waals surface area (Å²) < 4.78 is 9.53. The number of hydrogen-bond donors (Lipinski definition) is 3. The first-order chi connectivity index (χ1) is 14.3. The number of ether oxygens (including phenoxy) is 1. The maximum Gasteiger partial charge on any atom is 0.332 e. The van der Waals surface area contributed by atoms with Gasteiger partial charge in [0.15, 0.2) is 22.7 Å². The lowest BCUT2D eigenvalue weighted by atomic mass is 10.2. The van der Waals surface area contributed by atoms with E-state index in [1.807, 2.05) is 0 Å². The van der Waals surface area contributed by atoms with E-state index in [2.05, 4.69) is 31.4 Å². The normalized spacial score (nSPS) is 11.5. The number of aliphatic hydroxyl groups is 1. The predicted octanol–water partition coefficient (Wildman–Crippen LogP) is 0.739. The monoisotopic (exact) mass is 480 g/mol. The number of benzene rings is 1. The van der Waals surface area contributed by atoms with Crippen molar-refractivity contribution in [2.24, 2.45) is 19.2 Å². The van der Waals surface area contributed by atoms with Crippen LogP contribution < -0.4 is 21.4 Å². The first-order valence-corrected chi connectivity index (χ1v) is 9.80. The van der Waals surface area contributed by atoms with Crippen LogP contribution in [0.25, 0.3) is 11.2 Å². The second kappa shape index (κ2) is 8.71. The zero-order chi connectivity index (χ0) is 22.0. The Morgan fingerprint density at radius 3 is 2.70 bits per heavy atom. The van der Waals surface area contributed by atoms with Crippen molar-refractivity contribution in [3.05, 3.63) is 43.0 Å². The highest BCUT2D eigenvalue weighted by molar-refractivity contribution is 9.10. The Labute approximate surface area is 179 Å². The van der Waals surface area contributed by atoms with Crippen LogP contribution in [0.2, 0.25) is 0 Å². The smallest absolute Gasteiger partial charge is 0.332 e. The van der Waals surface area contributed by atoms with Gasteiger partial charge in [-0.05, 0) is 40.5 Å². The summed E-state index contributed by atoms with van der Waals surface area (Å²) in [6.45, 7) is 2.04. The van der Waals surface area contributed by atoms with Crippen LogP contribution in [0, 0.1) is 0 Å². The van der Waals surface area contributed by atoms with Crippen molar-refractivity contribution in [1.29, 1.82) is 0 Å². The summed E-state index contributed by atoms with van der Waals surface area (Å²) in [4.78, 5) is 29.0. The molecular weight excluding hydrogens is 460 g/mol. The molecule has 1 aromatic carbocycles. The van der Waals surface area contributed by atoms with E-state index < -0.39 is 11.2 Å². The number of aliphatic hydroxyl groups excluding tert-OH is 1. The number of fused-ring (bicyclic) bond motifs is 1. The third-order valence-electron chi connectivity index (χ3n) is 4.40. The molecule has 0 aliphatic heterocycles. The van der Waals surface area contributed by atoms with Gasteiger partial charge in [-0.1, -0.05) is 0 Å². The number of aryl methyl sites for hydroxylation is 1. The fourth-order valence-corrected chi connectivity index (χ4v) is 3.41. The van der Waals surface area contributed by atoms with Crippen LogP contribution in [0.3, 0.4) is 0 Å². The number of nitrogens with one attached hydrogen (secondary N) is 1. The Kier molecular flexibility index (Phi) is 6.27. The van der Waals surface area contributed by atoms with E-state index >= 15 is 0 Å². The highest BCUT2D eigenvalue weighted by Gasteiger charge is 2.18. The van der Waals surface area contributed by atoms with Crippen LogP contribution in [-0.4, -0.2) is 48.3 Å². The van der Waals surface area contributed by atoms with Crippen molar-refractivity contribution in [2.45, 2.75) is 13.5 Å². The molecule has 2 aromatic heterocycles. The molecular formula is C18H21BrN6O5. The minimum atomic E-state index is -0.519. The zero-order valence-corrected chi connectivity index (χ0v) is 18.2. The lowest BCUT2D eigenvalue weighted by Gasteiger charge is -2.08. The number of aromatic nitrogens is 4. The molecule has 0 aliphatic carbocycles. The Balaban J connectivity index is 2.01. The van der Waals surface area contributed by atoms with Crippen molar-refractivity contribution < 1.29 is 14.9 Å². The summed E-state index contributed by atoms with van der Waals surface area (Å²) in [5.41, 5.74) is 2.71. The lowest BCUT2D eigenvalue weighted by molar-refractivity contribution is 0.278. The topological polar surface area (TPSA) is 136 Å². The highest BCUT2D eigenvalue weighted by atomic mass is 79.9. The SMILES string of the molecule is CCOc1cc(/C=N/Nc2nc3c(c(=O)n(C)c(=O)n3C)n2CCO)cc(Br)c1O. The van der Waals surface area contributed by atoms with Crippen LogP contribution in [0.1, 0.15) is 12.5 Å². The van der Waals surface area contributed by atoms with Crippen molar-refractivity contribution in [3.63, 3.8) is 0 Å². The minimum absolute atomic E-state index is 0.0107. The number of nitrogens with zero attached hydrogens (tertiary/aromatic N) is 5. The number of halogens is 1. The summed E-state index contributed by atoms with van der Waals surface area (Å²) >= 11 is 3.26. The van der Waals surface area contributed by atoms with Gasteiger partial charge in [-0.2, -0.15) is 10.1 Å². The van der Waals surface area contributed by atoms with Gasteiger partial charge in [0.25, 0.3) is 5.56 Å². The van der Waals surface area contributed by atoms with Gasteiger partial charge in [0, 0.05) is 20.6 Å². The van der Waals surface area contributed by atoms with E-state index in [4.69, 9.17) is 4.74 Å². The van der Waals surface area contributed by atoms with E-state index in [9.17, 15) is 19.8 Å². The number of imidazole rings is 1. The predicted molar refractivity (Wildman–Crippen MR) is 115 cm³/mol. The summed E-state index contributed by atoms with van der Waals surface area (Å²) in [5.74, 6) is 0.485. The van der Waals surface area contributed by atoms with Gasteiger partial charge in [-0.15, -0.1) is 0 Å². The molecule has 30 heavy (non-hydrogen) atoms. The minimum Gasteiger partial charge on any atom is -0.503 e. The Morgan fingerprint density at radius 2 is 2.03 bits per heavy atom. The second-order valence-corrected chi connectivity index (χ2v) is 7.20. The van der Waals surface area contributed by atoms with E-state index in [1.54, 1.807) is 19.1 Å². The molecule has 0 spiro atoms. The Bertz CT molecular complexity index is 1240. The number of hydrogen-bond acceptors (Lipinski definition) is 8. The van der Waals surface area contributed by atoms with Crippen LogP contribution in [0.4, 0.5) is 5.95 Å². The van der Waals surface area contributed by atoms with Gasteiger partial charge in [0.05, 0.1) is 23.9 Å². The summed E-state index contributed by atoms with van der Waals surface area (Å²) in [5, 5.41) is 23.5. The summed E-state index contributed by atoms with van der Waals surface area (Å²) in [7, 11) is 2.89. The number of anilines is 1. The molecule has 0 saturated heterocycles. The zero-order valence-electron chi connectivity index (χ0n) is 16.6. The molecule has 3 N–H and O–H groups in total. The van der Waals surface area contributed by atoms with Crippen LogP contribution >= 0.6 is 15.9 Å². The van der Waals surface area contributed by atoms with Gasteiger partial charge in [-0.25, -0.2) is 10.2 Å². The van der Waals surface area contributed by atoms with E-state index in [0.717, 1.165) is 4.57 Å². The molecule has 3 rings (SSSR count). The van der Waals surface area contributed by atoms with Crippen LogP contribution in [0.5, 0.6) is 11.5 Å². The quantitative estimate of drug-likeness (QED) is 0.335. The van der Waals surface area contributed by atoms with Crippen LogP contribution in [0.15, 0.2) is 31.3 Å². The molecule has 0 radical (unpaired) electrons. The molecule has 0 unspecified atom stereocenters. The van der Waals surface area contributed by atoms with Gasteiger partial charge in [-0.3, -0.25) is 13.9 Å². The molecule has 2 heterocycles. The third kappa shape index (κ3) is 3.83. The molecule has 0 bridgehead atoms. The number of phenolic OH excluding ortho intramolecular Hbond substituents is 1. The number of phenols is 1. The maximum atomic E-state index is 12.6. The standard InChI is InChI=1S/C18H21BrN6O5/c1-4-30-12-8-10(7-11(19)14(12)27)9-20-22-17-21-15-13(25(17)5-6-26)16(28)24(3)18(29)23(15)2/h7-9,26-27H,4-6H2,1-3H3,(H,21,22)/b20-9+. The number of aromatic hydroxyl groups is 1. The molecule has 11 nitrogen and oxygen atoms in total. The van der Waals surface area contributed by atoms with E-state index in [-0.39, 0.29) is 36.0 Å². The highest BCUT2D eigenvalue weighted by Crippen LogP contribution is 2.35. The molecule has 3 aromatic rings. The molecule has 0 fully saturated rings. The Morgan fingerprint density at radius 1 is 1.30 bits per heavy atom.